The van der Waals surface area contributed by atoms with E-state index in [-0.39, 0.29) is 11.8 Å². The highest BCUT2D eigenvalue weighted by atomic mass is 16.5. The van der Waals surface area contributed by atoms with Crippen molar-refractivity contribution in [3.8, 4) is 11.5 Å². The first-order valence-corrected chi connectivity index (χ1v) is 7.65. The largest absolute Gasteiger partial charge is 0.507 e. The zero-order valence-electron chi connectivity index (χ0n) is 13.1. The molecule has 3 aromatic rings. The number of rotatable bonds is 3. The SMILES string of the molecule is COc1ccc([C@@H]2CC(c3ccccc3O)=Nc3ncnn32)cc1. The van der Waals surface area contributed by atoms with Gasteiger partial charge in [-0.25, -0.2) is 9.67 Å². The lowest BCUT2D eigenvalue weighted by atomic mass is 9.95. The van der Waals surface area contributed by atoms with Gasteiger partial charge in [-0.2, -0.15) is 10.1 Å². The first-order chi connectivity index (χ1) is 11.8. The lowest BCUT2D eigenvalue weighted by Gasteiger charge is -2.24. The number of ether oxygens (including phenoxy) is 1. The van der Waals surface area contributed by atoms with Crippen LogP contribution in [0.2, 0.25) is 0 Å². The fraction of sp³-hybridized carbons (Fsp3) is 0.167. The molecule has 24 heavy (non-hydrogen) atoms. The van der Waals surface area contributed by atoms with Crippen molar-refractivity contribution in [2.45, 2.75) is 12.5 Å². The molecular weight excluding hydrogens is 304 g/mol. The number of methoxy groups -OCH3 is 1. The third-order valence-corrected chi connectivity index (χ3v) is 4.19. The van der Waals surface area contributed by atoms with Crippen molar-refractivity contribution >= 4 is 11.7 Å². The van der Waals surface area contributed by atoms with Gasteiger partial charge in [-0.05, 0) is 29.8 Å². The molecule has 2 aromatic carbocycles. The third-order valence-electron chi connectivity index (χ3n) is 4.19. The molecule has 4 rings (SSSR count). The first-order valence-electron chi connectivity index (χ1n) is 7.65. The highest BCUT2D eigenvalue weighted by Gasteiger charge is 2.27. The molecule has 6 heteroatoms. The average Bonchev–Trinajstić information content (AvgIpc) is 3.10. The molecule has 2 heterocycles. The van der Waals surface area contributed by atoms with Gasteiger partial charge in [-0.3, -0.25) is 0 Å². The summed E-state index contributed by atoms with van der Waals surface area (Å²) in [6.07, 6.45) is 2.13. The second-order valence-corrected chi connectivity index (χ2v) is 5.57. The summed E-state index contributed by atoms with van der Waals surface area (Å²) in [5.74, 6) is 1.57. The third kappa shape index (κ3) is 2.42. The molecule has 1 N–H and O–H groups in total. The number of benzene rings is 2. The Morgan fingerprint density at radius 2 is 1.92 bits per heavy atom. The van der Waals surface area contributed by atoms with Crippen molar-refractivity contribution in [3.05, 3.63) is 66.0 Å². The van der Waals surface area contributed by atoms with Crippen LogP contribution in [0.5, 0.6) is 11.5 Å². The molecule has 0 bridgehead atoms. The van der Waals surface area contributed by atoms with Gasteiger partial charge in [-0.15, -0.1) is 0 Å². The maximum Gasteiger partial charge on any atom is 0.248 e. The van der Waals surface area contributed by atoms with Crippen LogP contribution in [0.25, 0.3) is 0 Å². The molecule has 0 saturated heterocycles. The number of nitrogens with zero attached hydrogens (tertiary/aromatic N) is 4. The summed E-state index contributed by atoms with van der Waals surface area (Å²) < 4.78 is 7.04. The molecule has 0 fully saturated rings. The molecule has 0 unspecified atom stereocenters. The molecule has 0 saturated carbocycles. The molecule has 0 aliphatic carbocycles. The van der Waals surface area contributed by atoms with Crippen LogP contribution in [0.1, 0.15) is 23.6 Å². The number of phenols is 1. The smallest absolute Gasteiger partial charge is 0.248 e. The van der Waals surface area contributed by atoms with Gasteiger partial charge in [0.1, 0.15) is 17.8 Å². The van der Waals surface area contributed by atoms with Gasteiger partial charge in [0, 0.05) is 12.0 Å². The predicted molar refractivity (Wildman–Crippen MR) is 90.1 cm³/mol. The maximum absolute atomic E-state index is 10.1. The summed E-state index contributed by atoms with van der Waals surface area (Å²) in [6, 6.07) is 15.1. The van der Waals surface area contributed by atoms with Gasteiger partial charge < -0.3 is 9.84 Å². The van der Waals surface area contributed by atoms with E-state index >= 15 is 0 Å². The van der Waals surface area contributed by atoms with Crippen LogP contribution in [-0.2, 0) is 0 Å². The van der Waals surface area contributed by atoms with Gasteiger partial charge in [-0.1, -0.05) is 24.3 Å². The molecule has 120 valence electrons. The molecule has 0 amide bonds. The number of hydrogen-bond acceptors (Lipinski definition) is 5. The van der Waals surface area contributed by atoms with Gasteiger partial charge in [0.05, 0.1) is 18.9 Å². The second kappa shape index (κ2) is 5.81. The minimum Gasteiger partial charge on any atom is -0.507 e. The monoisotopic (exact) mass is 320 g/mol. The van der Waals surface area contributed by atoms with E-state index in [1.807, 2.05) is 41.1 Å². The van der Waals surface area contributed by atoms with Gasteiger partial charge in [0.2, 0.25) is 5.95 Å². The van der Waals surface area contributed by atoms with E-state index in [4.69, 9.17) is 4.74 Å². The Bertz CT molecular complexity index is 899. The van der Waals surface area contributed by atoms with Crippen LogP contribution in [0.3, 0.4) is 0 Å². The molecule has 6 nitrogen and oxygen atoms in total. The highest BCUT2D eigenvalue weighted by Crippen LogP contribution is 2.34. The van der Waals surface area contributed by atoms with Crippen LogP contribution in [0.4, 0.5) is 5.95 Å². The molecule has 0 radical (unpaired) electrons. The topological polar surface area (TPSA) is 72.5 Å². The van der Waals surface area contributed by atoms with Gasteiger partial charge in [0.25, 0.3) is 0 Å². The van der Waals surface area contributed by atoms with E-state index in [1.54, 1.807) is 19.2 Å². The van der Waals surface area contributed by atoms with E-state index in [0.29, 0.717) is 12.4 Å². The number of aromatic nitrogens is 3. The van der Waals surface area contributed by atoms with Crippen LogP contribution in [-0.4, -0.2) is 32.7 Å². The Morgan fingerprint density at radius 1 is 1.12 bits per heavy atom. The minimum atomic E-state index is -0.0273. The molecule has 0 spiro atoms. The van der Waals surface area contributed by atoms with Crippen LogP contribution in [0, 0.1) is 0 Å². The Labute approximate surface area is 139 Å². The van der Waals surface area contributed by atoms with E-state index in [2.05, 4.69) is 15.1 Å². The second-order valence-electron chi connectivity index (χ2n) is 5.57. The quantitative estimate of drug-likeness (QED) is 0.805. The van der Waals surface area contributed by atoms with Crippen molar-refractivity contribution in [2.75, 3.05) is 7.11 Å². The Hall–Kier alpha value is -3.15. The number of para-hydroxylation sites is 1. The van der Waals surface area contributed by atoms with Crippen molar-refractivity contribution in [3.63, 3.8) is 0 Å². The molecular formula is C18H16N4O2. The Kier molecular flexibility index (Phi) is 3.49. The predicted octanol–water partition coefficient (Wildman–Crippen LogP) is 3.11. The molecule has 1 atom stereocenters. The highest BCUT2D eigenvalue weighted by molar-refractivity contribution is 6.04. The fourth-order valence-electron chi connectivity index (χ4n) is 2.95. The van der Waals surface area contributed by atoms with E-state index in [9.17, 15) is 5.11 Å². The van der Waals surface area contributed by atoms with Crippen LogP contribution >= 0.6 is 0 Å². The lowest BCUT2D eigenvalue weighted by Crippen LogP contribution is -2.21. The summed E-state index contributed by atoms with van der Waals surface area (Å²) in [5.41, 5.74) is 2.62. The summed E-state index contributed by atoms with van der Waals surface area (Å²) in [5, 5.41) is 14.5. The zero-order chi connectivity index (χ0) is 16.5. The van der Waals surface area contributed by atoms with Crippen molar-refractivity contribution in [2.24, 2.45) is 4.99 Å². The average molecular weight is 320 g/mol. The van der Waals surface area contributed by atoms with Crippen LogP contribution < -0.4 is 4.74 Å². The standard InChI is InChI=1S/C18H16N4O2/c1-24-13-8-6-12(7-9-13)16-10-15(14-4-2-3-5-17(14)23)21-18-19-11-20-22(16)18/h2-9,11,16,23H,10H2,1H3/t16-/m0/s1. The number of phenolic OH excluding ortho intramolecular Hbond substituents is 1. The Balaban J connectivity index is 1.77. The summed E-state index contributed by atoms with van der Waals surface area (Å²) in [7, 11) is 1.65. The number of aliphatic imine (C=N–C) groups is 1. The van der Waals surface area contributed by atoms with Gasteiger partial charge >= 0.3 is 0 Å². The normalized spacial score (nSPS) is 16.4. The van der Waals surface area contributed by atoms with Gasteiger partial charge in [0.15, 0.2) is 0 Å². The molecule has 1 aromatic heterocycles. The van der Waals surface area contributed by atoms with Crippen LogP contribution in [0.15, 0.2) is 59.9 Å². The first kappa shape index (κ1) is 14.4. The summed E-state index contributed by atoms with van der Waals surface area (Å²) in [4.78, 5) is 8.80. The summed E-state index contributed by atoms with van der Waals surface area (Å²) >= 11 is 0. The van der Waals surface area contributed by atoms with E-state index in [1.165, 1.54) is 6.33 Å². The van der Waals surface area contributed by atoms with E-state index < -0.39 is 0 Å². The minimum absolute atomic E-state index is 0.0273. The molecule has 1 aliphatic rings. The summed E-state index contributed by atoms with van der Waals surface area (Å²) in [6.45, 7) is 0. The van der Waals surface area contributed by atoms with Crippen molar-refractivity contribution in [1.82, 2.24) is 14.8 Å². The fourth-order valence-corrected chi connectivity index (χ4v) is 2.95. The zero-order valence-corrected chi connectivity index (χ0v) is 13.1. The number of aromatic hydroxyl groups is 1. The number of hydrogen-bond donors (Lipinski definition) is 1. The number of fused-ring (bicyclic) bond motifs is 1. The van der Waals surface area contributed by atoms with E-state index in [0.717, 1.165) is 22.6 Å². The maximum atomic E-state index is 10.1. The molecule has 1 aliphatic heterocycles. The lowest BCUT2D eigenvalue weighted by molar-refractivity contribution is 0.414. The Morgan fingerprint density at radius 3 is 2.67 bits per heavy atom. The van der Waals surface area contributed by atoms with Crippen molar-refractivity contribution in [1.29, 1.82) is 0 Å². The van der Waals surface area contributed by atoms with Crippen molar-refractivity contribution < 1.29 is 9.84 Å².